The van der Waals surface area contributed by atoms with Crippen LogP contribution >= 0.6 is 0 Å². The van der Waals surface area contributed by atoms with E-state index in [1.165, 1.54) is 30.3 Å². The Bertz CT molecular complexity index is 2540. The van der Waals surface area contributed by atoms with Crippen molar-refractivity contribution in [2.75, 3.05) is 19.8 Å². The molecule has 6 atom stereocenters. The van der Waals surface area contributed by atoms with Gasteiger partial charge in [0.15, 0.2) is 0 Å². The maximum atomic E-state index is 15.1. The number of benzene rings is 4. The number of nitro groups is 1. The molecule has 4 aromatic carbocycles. The van der Waals surface area contributed by atoms with E-state index in [0.29, 0.717) is 48.3 Å². The highest BCUT2D eigenvalue weighted by atomic mass is 19.1. The molecular formula is C55H63FN4O10. The molecular weight excluding hydrogens is 896 g/mol. The normalized spacial score (nSPS) is 22.0. The summed E-state index contributed by atoms with van der Waals surface area (Å²) >= 11 is 0. The molecule has 1 aliphatic heterocycles. The summed E-state index contributed by atoms with van der Waals surface area (Å²) in [6, 6.07) is 25.6. The summed E-state index contributed by atoms with van der Waals surface area (Å²) < 4.78 is 34.9. The van der Waals surface area contributed by atoms with Gasteiger partial charge < -0.3 is 39.5 Å². The Kier molecular flexibility index (Phi) is 17.0. The van der Waals surface area contributed by atoms with Crippen molar-refractivity contribution in [2.45, 2.75) is 102 Å². The topological polar surface area (TPSA) is 182 Å². The quantitative estimate of drug-likeness (QED) is 0.0239. The number of nitrogens with zero attached hydrogens (tertiary/aromatic N) is 3. The number of carbonyl (C=O) groups is 2. The van der Waals surface area contributed by atoms with Crippen LogP contribution in [0, 0.1) is 33.7 Å². The average molecular weight is 959 g/mol. The Morgan fingerprint density at radius 2 is 1.69 bits per heavy atom. The summed E-state index contributed by atoms with van der Waals surface area (Å²) in [5.74, 6) is -3.03. The molecule has 0 bridgehead atoms. The van der Waals surface area contributed by atoms with Crippen molar-refractivity contribution in [1.82, 2.24) is 10.2 Å². The molecule has 15 heteroatoms. The largest absolute Gasteiger partial charge is 0.459 e. The first-order chi connectivity index (χ1) is 33.7. The minimum atomic E-state index is -1.63. The first-order valence-corrected chi connectivity index (χ1v) is 24.0. The second kappa shape index (κ2) is 23.3. The minimum absolute atomic E-state index is 0.0100. The zero-order chi connectivity index (χ0) is 49.8. The molecule has 3 aliphatic rings. The number of fused-ring (bicyclic) bond motifs is 2. The molecule has 1 saturated carbocycles. The number of carbonyl (C=O) groups excluding carboxylic acids is 2. The summed E-state index contributed by atoms with van der Waals surface area (Å²) in [5, 5.41) is 39.2. The fourth-order valence-corrected chi connectivity index (χ4v) is 9.92. The summed E-state index contributed by atoms with van der Waals surface area (Å²) in [6.07, 6.45) is 10.3. The number of nitro benzene ring substituents is 1. The van der Waals surface area contributed by atoms with Crippen LogP contribution in [0.15, 0.2) is 133 Å². The molecule has 0 spiro atoms. The molecule has 0 radical (unpaired) electrons. The van der Waals surface area contributed by atoms with E-state index in [9.17, 15) is 29.5 Å². The molecule has 0 aromatic heterocycles. The second-order valence-electron chi connectivity index (χ2n) is 19.0. The van der Waals surface area contributed by atoms with Gasteiger partial charge in [-0.3, -0.25) is 14.9 Å². The Labute approximate surface area is 408 Å². The van der Waals surface area contributed by atoms with Crippen molar-refractivity contribution < 1.29 is 48.2 Å². The highest BCUT2D eigenvalue weighted by molar-refractivity contribution is 6.03. The van der Waals surface area contributed by atoms with E-state index in [-0.39, 0.29) is 62.6 Å². The summed E-state index contributed by atoms with van der Waals surface area (Å²) in [4.78, 5) is 47.3. The first-order valence-electron chi connectivity index (χ1n) is 24.0. The van der Waals surface area contributed by atoms with Crippen LogP contribution in [-0.2, 0) is 27.5 Å². The van der Waals surface area contributed by atoms with Crippen LogP contribution in [0.25, 0.3) is 6.08 Å². The number of rotatable bonds is 21. The summed E-state index contributed by atoms with van der Waals surface area (Å²) in [6.45, 7) is 10.0. The molecule has 2 aliphatic carbocycles. The van der Waals surface area contributed by atoms with E-state index in [4.69, 9.17) is 24.2 Å². The van der Waals surface area contributed by atoms with Gasteiger partial charge in [-0.1, -0.05) is 72.6 Å². The number of allylic oxidation sites excluding steroid dienone is 1. The van der Waals surface area contributed by atoms with E-state index in [0.717, 1.165) is 29.5 Å². The lowest BCUT2D eigenvalue weighted by atomic mass is 9.55. The van der Waals surface area contributed by atoms with Crippen molar-refractivity contribution in [1.29, 1.82) is 0 Å². The van der Waals surface area contributed by atoms with Gasteiger partial charge in [-0.05, 0) is 129 Å². The number of unbranched alkanes of at least 4 members (excludes halogenated alkanes) is 2. The van der Waals surface area contributed by atoms with Gasteiger partial charge in [-0.2, -0.15) is 0 Å². The molecule has 14 nitrogen and oxygen atoms in total. The highest BCUT2D eigenvalue weighted by Gasteiger charge is 2.65. The van der Waals surface area contributed by atoms with Crippen LogP contribution in [0.5, 0.6) is 11.5 Å². The van der Waals surface area contributed by atoms with Gasteiger partial charge in [0.1, 0.15) is 29.0 Å². The maximum absolute atomic E-state index is 15.1. The first kappa shape index (κ1) is 51.2. The molecule has 7 rings (SSSR count). The monoisotopic (exact) mass is 958 g/mol. The van der Waals surface area contributed by atoms with Gasteiger partial charge in [-0.15, -0.1) is 6.58 Å². The molecule has 2 amide bonds. The molecule has 1 heterocycles. The van der Waals surface area contributed by atoms with Crippen LogP contribution in [0.1, 0.15) is 93.9 Å². The van der Waals surface area contributed by atoms with Crippen molar-refractivity contribution in [3.05, 3.63) is 166 Å². The lowest BCUT2D eigenvalue weighted by Crippen LogP contribution is -2.70. The van der Waals surface area contributed by atoms with E-state index in [1.807, 2.05) is 57.2 Å². The van der Waals surface area contributed by atoms with Gasteiger partial charge in [0.2, 0.25) is 11.7 Å². The van der Waals surface area contributed by atoms with Gasteiger partial charge in [0.05, 0.1) is 23.2 Å². The number of nitrogens with one attached hydrogen (secondary N) is 1. The highest BCUT2D eigenvalue weighted by Crippen LogP contribution is 2.62. The van der Waals surface area contributed by atoms with E-state index < -0.39 is 52.0 Å². The third kappa shape index (κ3) is 12.4. The van der Waals surface area contributed by atoms with E-state index >= 15 is 4.79 Å². The van der Waals surface area contributed by atoms with Gasteiger partial charge >= 0.3 is 6.09 Å². The number of oxime groups is 1. The lowest BCUT2D eigenvalue weighted by Gasteiger charge is -2.60. The maximum Gasteiger partial charge on any atom is 0.412 e. The fraction of sp³-hybridized carbons (Fsp3) is 0.400. The van der Waals surface area contributed by atoms with E-state index in [2.05, 4.69) is 18.0 Å². The number of aliphatic hydroxyl groups is 2. The van der Waals surface area contributed by atoms with E-state index in [1.54, 1.807) is 53.5 Å². The molecule has 3 N–H and O–H groups in total. The summed E-state index contributed by atoms with van der Waals surface area (Å²) in [7, 11) is 0. The van der Waals surface area contributed by atoms with Crippen LogP contribution in [0.2, 0.25) is 0 Å². The Balaban J connectivity index is 1.42. The molecule has 1 fully saturated rings. The summed E-state index contributed by atoms with van der Waals surface area (Å²) in [5.41, 5.74) is 3.42. The van der Waals surface area contributed by atoms with Gasteiger partial charge in [-0.25, -0.2) is 9.18 Å². The number of non-ortho nitro benzene ring substituents is 1. The zero-order valence-electron chi connectivity index (χ0n) is 40.0. The Hall–Kier alpha value is -6.68. The Morgan fingerprint density at radius 3 is 2.36 bits per heavy atom. The lowest BCUT2D eigenvalue weighted by molar-refractivity contribution is -0.384. The number of hydrogen-bond donors (Lipinski definition) is 3. The minimum Gasteiger partial charge on any atom is -0.459 e. The molecule has 4 aromatic rings. The molecule has 70 heavy (non-hydrogen) atoms. The van der Waals surface area contributed by atoms with Gasteiger partial charge in [0.25, 0.3) is 5.69 Å². The predicted octanol–water partition coefficient (Wildman–Crippen LogP) is 10.2. The van der Waals surface area contributed by atoms with Crippen molar-refractivity contribution >= 4 is 29.5 Å². The molecule has 370 valence electrons. The van der Waals surface area contributed by atoms with Crippen molar-refractivity contribution in [3.8, 4) is 11.5 Å². The number of hydrogen-bond acceptors (Lipinski definition) is 11. The number of halogens is 1. The van der Waals surface area contributed by atoms with Crippen molar-refractivity contribution in [3.63, 3.8) is 0 Å². The standard InChI is InChI=1S/C55H63FN4O10/c1-5-31-67-55-49(59(36-39-17-22-41(56)23-18-39)50(63)28-21-37-19-24-42(25-20-37)60(65)66)34-47(58-70-54(2,3)4)45-32-40(15-9-11-29-61)44(16-10-12-30-62)51(52(45)55)46-33-43(26-27-48(46)69-55)68-53(64)57-35-38-13-7-6-8-14-38/h5-8,13-14,17-28,32-33,40,44,49,51-52,61-62H,1,9-12,15-16,29-31,34-36H2,2-4H3,(H,57,64)/t40-,44+,49-,51+,52+,55+/m0/s1. The van der Waals surface area contributed by atoms with Crippen LogP contribution in [0.3, 0.4) is 0 Å². The van der Waals surface area contributed by atoms with Crippen LogP contribution in [-0.4, -0.2) is 75.0 Å². The number of ether oxygens (including phenoxy) is 3. The Morgan fingerprint density at radius 1 is 0.971 bits per heavy atom. The molecule has 0 saturated heterocycles. The van der Waals surface area contributed by atoms with Crippen molar-refractivity contribution in [2.24, 2.45) is 22.9 Å². The van der Waals surface area contributed by atoms with Crippen LogP contribution in [0.4, 0.5) is 14.9 Å². The fourth-order valence-electron chi connectivity index (χ4n) is 9.92. The third-order valence-corrected chi connectivity index (χ3v) is 13.0. The SMILES string of the molecule is C=CCO[C@@]12Oc3ccc(OC(=O)NCc4ccccc4)cc3[C@H]3[C@H](CCCCO)[C@@H](CCCCO)C=C(C(=NOC(C)(C)C)C[C@@H]1N(Cc1ccc(F)cc1)C(=O)C=Cc1ccc([N+](=O)[O-])cc1)[C@H]32. The third-order valence-electron chi connectivity index (χ3n) is 13.0. The van der Waals surface area contributed by atoms with Crippen LogP contribution < -0.4 is 14.8 Å². The number of aliphatic hydroxyl groups excluding tert-OH is 2. The second-order valence-corrected chi connectivity index (χ2v) is 19.0. The predicted molar refractivity (Wildman–Crippen MR) is 264 cm³/mol. The smallest absolute Gasteiger partial charge is 0.412 e. The number of amides is 2. The van der Waals surface area contributed by atoms with Gasteiger partial charge in [0, 0.05) is 62.4 Å². The molecule has 0 unspecified atom stereocenters. The zero-order valence-corrected chi connectivity index (χ0v) is 40.0. The average Bonchev–Trinajstić information content (AvgIpc) is 3.35.